The van der Waals surface area contributed by atoms with Crippen molar-refractivity contribution in [1.82, 2.24) is 0 Å². The largest absolute Gasteiger partial charge is 0.478 e. The van der Waals surface area contributed by atoms with Crippen LogP contribution < -0.4 is 0 Å². The Morgan fingerprint density at radius 1 is 1.00 bits per heavy atom. The molecule has 0 aliphatic heterocycles. The molecule has 1 N–H and O–H groups in total. The molecule has 0 atom stereocenters. The molecular formula is C13H10O3. The van der Waals surface area contributed by atoms with Gasteiger partial charge < -0.3 is 5.11 Å². The Balaban J connectivity index is 2.81. The lowest BCUT2D eigenvalue weighted by Gasteiger charge is -2.05. The monoisotopic (exact) mass is 214 g/mol. The van der Waals surface area contributed by atoms with Gasteiger partial charge in [-0.2, -0.15) is 0 Å². The summed E-state index contributed by atoms with van der Waals surface area (Å²) in [6.45, 7) is 1.37. The van der Waals surface area contributed by atoms with E-state index in [0.29, 0.717) is 0 Å². The smallest absolute Gasteiger partial charge is 0.336 e. The number of hydrogen-bond donors (Lipinski definition) is 1. The molecule has 0 aromatic heterocycles. The van der Waals surface area contributed by atoms with Crippen LogP contribution in [0, 0.1) is 0 Å². The molecule has 3 heteroatoms. The van der Waals surface area contributed by atoms with Gasteiger partial charge in [-0.25, -0.2) is 4.79 Å². The Kier molecular flexibility index (Phi) is 2.44. The summed E-state index contributed by atoms with van der Waals surface area (Å²) in [6.07, 6.45) is 0. The highest BCUT2D eigenvalue weighted by Crippen LogP contribution is 2.20. The van der Waals surface area contributed by atoms with E-state index in [9.17, 15) is 9.59 Å². The van der Waals surface area contributed by atoms with Gasteiger partial charge in [0.2, 0.25) is 0 Å². The van der Waals surface area contributed by atoms with Crippen molar-refractivity contribution in [3.05, 3.63) is 47.5 Å². The number of carboxylic acid groups (broad SMARTS) is 1. The van der Waals surface area contributed by atoms with Gasteiger partial charge in [0.05, 0.1) is 5.56 Å². The normalized spacial score (nSPS) is 10.3. The SMILES string of the molecule is CC(=O)c1cc2ccccc2cc1C(=O)O. The first-order chi connectivity index (χ1) is 7.59. The fraction of sp³-hybridized carbons (Fsp3) is 0.0769. The lowest BCUT2D eigenvalue weighted by molar-refractivity contribution is 0.0692. The zero-order valence-corrected chi connectivity index (χ0v) is 8.73. The van der Waals surface area contributed by atoms with Crippen LogP contribution in [-0.4, -0.2) is 16.9 Å². The number of fused-ring (bicyclic) bond motifs is 1. The first kappa shape index (κ1) is 10.4. The number of carbonyl (C=O) groups excluding carboxylic acids is 1. The lowest BCUT2D eigenvalue weighted by atomic mass is 9.99. The van der Waals surface area contributed by atoms with Crippen LogP contribution >= 0.6 is 0 Å². The predicted molar refractivity (Wildman–Crippen MR) is 60.9 cm³/mol. The number of rotatable bonds is 2. The van der Waals surface area contributed by atoms with Gasteiger partial charge in [-0.3, -0.25) is 4.79 Å². The number of aromatic carboxylic acids is 1. The zero-order chi connectivity index (χ0) is 11.7. The first-order valence-electron chi connectivity index (χ1n) is 4.86. The zero-order valence-electron chi connectivity index (χ0n) is 8.73. The summed E-state index contributed by atoms with van der Waals surface area (Å²) in [5.74, 6) is -1.31. The molecule has 2 aromatic carbocycles. The van der Waals surface area contributed by atoms with Gasteiger partial charge in [0.25, 0.3) is 0 Å². The van der Waals surface area contributed by atoms with Crippen LogP contribution in [0.4, 0.5) is 0 Å². The third-order valence-electron chi connectivity index (χ3n) is 2.50. The number of benzene rings is 2. The van der Waals surface area contributed by atoms with Gasteiger partial charge in [-0.05, 0) is 29.8 Å². The summed E-state index contributed by atoms with van der Waals surface area (Å²) in [5, 5.41) is 10.7. The molecule has 0 fully saturated rings. The minimum atomic E-state index is -1.07. The Hall–Kier alpha value is -2.16. The highest BCUT2D eigenvalue weighted by Gasteiger charge is 2.14. The Morgan fingerprint density at radius 3 is 1.94 bits per heavy atom. The lowest BCUT2D eigenvalue weighted by Crippen LogP contribution is -2.06. The van der Waals surface area contributed by atoms with E-state index in [-0.39, 0.29) is 16.9 Å². The third kappa shape index (κ3) is 1.67. The molecule has 0 amide bonds. The Morgan fingerprint density at radius 2 is 1.50 bits per heavy atom. The van der Waals surface area contributed by atoms with Crippen LogP contribution in [0.15, 0.2) is 36.4 Å². The van der Waals surface area contributed by atoms with E-state index in [1.807, 2.05) is 24.3 Å². The fourth-order valence-electron chi connectivity index (χ4n) is 1.71. The van der Waals surface area contributed by atoms with Gasteiger partial charge in [0.15, 0.2) is 5.78 Å². The van der Waals surface area contributed by atoms with E-state index in [2.05, 4.69) is 0 Å². The molecule has 0 spiro atoms. The Labute approximate surface area is 92.3 Å². The molecule has 0 aliphatic rings. The van der Waals surface area contributed by atoms with Crippen molar-refractivity contribution >= 4 is 22.5 Å². The second-order valence-corrected chi connectivity index (χ2v) is 3.61. The molecule has 16 heavy (non-hydrogen) atoms. The van der Waals surface area contributed by atoms with E-state index in [0.717, 1.165) is 10.8 Å². The van der Waals surface area contributed by atoms with Crippen molar-refractivity contribution in [2.75, 3.05) is 0 Å². The van der Waals surface area contributed by atoms with E-state index in [1.54, 1.807) is 6.07 Å². The standard InChI is InChI=1S/C13H10O3/c1-8(14)11-6-9-4-2-3-5-10(9)7-12(11)13(15)16/h2-7H,1H3,(H,15,16). The van der Waals surface area contributed by atoms with Crippen molar-refractivity contribution in [3.63, 3.8) is 0 Å². The quantitative estimate of drug-likeness (QED) is 0.782. The summed E-state index contributed by atoms with van der Waals surface area (Å²) < 4.78 is 0. The highest BCUT2D eigenvalue weighted by atomic mass is 16.4. The fourth-order valence-corrected chi connectivity index (χ4v) is 1.71. The summed E-state index contributed by atoms with van der Waals surface area (Å²) >= 11 is 0. The van der Waals surface area contributed by atoms with Gasteiger partial charge in [0.1, 0.15) is 0 Å². The van der Waals surface area contributed by atoms with Crippen LogP contribution in [-0.2, 0) is 0 Å². The van der Waals surface area contributed by atoms with Crippen LogP contribution in [0.1, 0.15) is 27.6 Å². The molecule has 2 aromatic rings. The average Bonchev–Trinajstić information content (AvgIpc) is 2.27. The number of carbonyl (C=O) groups is 2. The molecule has 2 rings (SSSR count). The van der Waals surface area contributed by atoms with Crippen molar-refractivity contribution in [1.29, 1.82) is 0 Å². The maximum absolute atomic E-state index is 11.4. The second kappa shape index (κ2) is 3.77. The molecule has 0 aliphatic carbocycles. The number of hydrogen-bond acceptors (Lipinski definition) is 2. The maximum atomic E-state index is 11.4. The van der Waals surface area contributed by atoms with Crippen molar-refractivity contribution in [3.8, 4) is 0 Å². The van der Waals surface area contributed by atoms with Crippen LogP contribution in [0.25, 0.3) is 10.8 Å². The van der Waals surface area contributed by atoms with E-state index in [1.165, 1.54) is 13.0 Å². The Bertz CT molecular complexity index is 532. The summed E-state index contributed by atoms with van der Waals surface area (Å²) in [5.41, 5.74) is 0.317. The van der Waals surface area contributed by atoms with Gasteiger partial charge in [-0.15, -0.1) is 0 Å². The van der Waals surface area contributed by atoms with Gasteiger partial charge in [0, 0.05) is 5.56 Å². The van der Waals surface area contributed by atoms with E-state index < -0.39 is 5.97 Å². The molecule has 80 valence electrons. The van der Waals surface area contributed by atoms with Gasteiger partial charge >= 0.3 is 5.97 Å². The minimum Gasteiger partial charge on any atom is -0.478 e. The van der Waals surface area contributed by atoms with Crippen LogP contribution in [0.5, 0.6) is 0 Å². The minimum absolute atomic E-state index is 0.0613. The van der Waals surface area contributed by atoms with E-state index in [4.69, 9.17) is 5.11 Å². The van der Waals surface area contributed by atoms with Crippen LogP contribution in [0.3, 0.4) is 0 Å². The predicted octanol–water partition coefficient (Wildman–Crippen LogP) is 2.74. The maximum Gasteiger partial charge on any atom is 0.336 e. The molecule has 0 bridgehead atoms. The number of Topliss-reactive ketones (excluding diaryl/α,β-unsaturated/α-hetero) is 1. The molecule has 0 saturated carbocycles. The molecule has 3 nitrogen and oxygen atoms in total. The molecule has 0 radical (unpaired) electrons. The molecular weight excluding hydrogens is 204 g/mol. The molecule has 0 unspecified atom stereocenters. The summed E-state index contributed by atoms with van der Waals surface area (Å²) in [6, 6.07) is 10.5. The average molecular weight is 214 g/mol. The first-order valence-corrected chi connectivity index (χ1v) is 4.86. The summed E-state index contributed by atoms with van der Waals surface area (Å²) in [4.78, 5) is 22.4. The van der Waals surface area contributed by atoms with Crippen LogP contribution in [0.2, 0.25) is 0 Å². The highest BCUT2D eigenvalue weighted by molar-refractivity contribution is 6.08. The number of carboxylic acids is 1. The van der Waals surface area contributed by atoms with Crippen molar-refractivity contribution < 1.29 is 14.7 Å². The third-order valence-corrected chi connectivity index (χ3v) is 2.50. The summed E-state index contributed by atoms with van der Waals surface area (Å²) in [7, 11) is 0. The van der Waals surface area contributed by atoms with Crippen molar-refractivity contribution in [2.24, 2.45) is 0 Å². The van der Waals surface area contributed by atoms with Crippen molar-refractivity contribution in [2.45, 2.75) is 6.92 Å². The molecule has 0 saturated heterocycles. The second-order valence-electron chi connectivity index (χ2n) is 3.61. The van der Waals surface area contributed by atoms with Gasteiger partial charge in [-0.1, -0.05) is 24.3 Å². The van der Waals surface area contributed by atoms with E-state index >= 15 is 0 Å². The molecule has 0 heterocycles. The number of ketones is 1. The topological polar surface area (TPSA) is 54.4 Å².